The van der Waals surface area contributed by atoms with Gasteiger partial charge in [0.05, 0.1) is 0 Å². The number of amides is 1. The molecule has 0 aliphatic rings. The average molecular weight is 171 g/mol. The molecule has 1 N–H and O–H groups in total. The molecular formula is C7H13N3O2. The average Bonchev–Trinajstić information content (AvgIpc) is 2.54. The van der Waals surface area contributed by atoms with Crippen molar-refractivity contribution in [2.75, 3.05) is 7.05 Å². The molecule has 1 rings (SSSR count). The Bertz CT molecular complexity index is 245. The van der Waals surface area contributed by atoms with Gasteiger partial charge in [0.15, 0.2) is 5.82 Å². The highest BCUT2D eigenvalue weighted by atomic mass is 16.5. The van der Waals surface area contributed by atoms with Crippen molar-refractivity contribution in [3.05, 3.63) is 11.7 Å². The number of aryl methyl sites for hydroxylation is 1. The van der Waals surface area contributed by atoms with Gasteiger partial charge in [-0.25, -0.2) is 0 Å². The minimum Gasteiger partial charge on any atom is -0.351 e. The molecule has 0 saturated carbocycles. The van der Waals surface area contributed by atoms with E-state index < -0.39 is 0 Å². The summed E-state index contributed by atoms with van der Waals surface area (Å²) in [4.78, 5) is 14.4. The second-order valence-electron chi connectivity index (χ2n) is 1.73. The first-order chi connectivity index (χ1) is 5.74. The van der Waals surface area contributed by atoms with E-state index in [1.165, 1.54) is 7.05 Å². The van der Waals surface area contributed by atoms with Gasteiger partial charge in [0.25, 0.3) is 0 Å². The zero-order chi connectivity index (χ0) is 9.56. The van der Waals surface area contributed by atoms with Crippen LogP contribution in [0, 0.1) is 6.92 Å². The largest absolute Gasteiger partial charge is 0.351 e. The van der Waals surface area contributed by atoms with Crippen LogP contribution in [-0.4, -0.2) is 23.1 Å². The van der Waals surface area contributed by atoms with Gasteiger partial charge in [-0.1, -0.05) is 19.0 Å². The molecule has 0 aliphatic heterocycles. The Morgan fingerprint density at radius 3 is 2.42 bits per heavy atom. The monoisotopic (exact) mass is 171 g/mol. The van der Waals surface area contributed by atoms with Gasteiger partial charge in [-0.2, -0.15) is 4.98 Å². The number of hydrogen-bond donors (Lipinski definition) is 1. The van der Waals surface area contributed by atoms with Gasteiger partial charge in [0, 0.05) is 7.05 Å². The molecule has 1 aromatic heterocycles. The summed E-state index contributed by atoms with van der Waals surface area (Å²) in [6.07, 6.45) is 0. The molecule has 1 aromatic rings. The van der Waals surface area contributed by atoms with E-state index in [2.05, 4.69) is 20.0 Å². The fourth-order valence-corrected chi connectivity index (χ4v) is 0.496. The predicted molar refractivity (Wildman–Crippen MR) is 43.8 cm³/mol. The Morgan fingerprint density at radius 2 is 2.08 bits per heavy atom. The van der Waals surface area contributed by atoms with E-state index in [0.717, 1.165) is 0 Å². The lowest BCUT2D eigenvalue weighted by Gasteiger charge is -1.87. The standard InChI is InChI=1S/C5H7N3O2.C2H6/c1-3-7-5(10-8-3)4(9)6-2;1-2/h1-2H3,(H,6,9);1-2H3. The van der Waals surface area contributed by atoms with Gasteiger partial charge in [-0.05, 0) is 6.92 Å². The first-order valence-electron chi connectivity index (χ1n) is 3.76. The second-order valence-corrected chi connectivity index (χ2v) is 1.73. The highest BCUT2D eigenvalue weighted by Gasteiger charge is 2.09. The molecule has 1 heterocycles. The van der Waals surface area contributed by atoms with E-state index in [1.807, 2.05) is 13.8 Å². The highest BCUT2D eigenvalue weighted by Crippen LogP contribution is 1.93. The van der Waals surface area contributed by atoms with Crippen LogP contribution in [0.25, 0.3) is 0 Å². The number of nitrogens with one attached hydrogen (secondary N) is 1. The third-order valence-corrected chi connectivity index (χ3v) is 0.949. The molecule has 5 heteroatoms. The minimum atomic E-state index is -0.361. The molecule has 5 nitrogen and oxygen atoms in total. The van der Waals surface area contributed by atoms with Gasteiger partial charge >= 0.3 is 11.8 Å². The number of nitrogens with zero attached hydrogens (tertiary/aromatic N) is 2. The van der Waals surface area contributed by atoms with Crippen LogP contribution in [0.3, 0.4) is 0 Å². The van der Waals surface area contributed by atoms with Gasteiger partial charge in [-0.15, -0.1) is 0 Å². The lowest BCUT2D eigenvalue weighted by Crippen LogP contribution is -2.17. The van der Waals surface area contributed by atoms with E-state index in [4.69, 9.17) is 0 Å². The number of aromatic nitrogens is 2. The zero-order valence-electron chi connectivity index (χ0n) is 7.71. The van der Waals surface area contributed by atoms with Crippen LogP contribution in [-0.2, 0) is 0 Å². The minimum absolute atomic E-state index is 0.000000000000000222. The first-order valence-corrected chi connectivity index (χ1v) is 3.76. The van der Waals surface area contributed by atoms with Gasteiger partial charge in [0.2, 0.25) is 0 Å². The zero-order valence-corrected chi connectivity index (χ0v) is 7.71. The number of rotatable bonds is 1. The van der Waals surface area contributed by atoms with Crippen LogP contribution < -0.4 is 5.32 Å². The van der Waals surface area contributed by atoms with Crippen LogP contribution in [0.5, 0.6) is 0 Å². The van der Waals surface area contributed by atoms with Crippen LogP contribution in [0.1, 0.15) is 30.4 Å². The molecule has 0 spiro atoms. The summed E-state index contributed by atoms with van der Waals surface area (Å²) < 4.78 is 4.54. The SMILES string of the molecule is CC.CNC(=O)c1nc(C)no1. The van der Waals surface area contributed by atoms with Crippen molar-refractivity contribution in [2.45, 2.75) is 20.8 Å². The highest BCUT2D eigenvalue weighted by molar-refractivity contribution is 5.89. The second kappa shape index (κ2) is 5.29. The molecule has 0 aromatic carbocycles. The summed E-state index contributed by atoms with van der Waals surface area (Å²) in [7, 11) is 1.50. The van der Waals surface area contributed by atoms with E-state index in [9.17, 15) is 4.79 Å². The molecule has 0 radical (unpaired) electrons. The smallest absolute Gasteiger partial charge is 0.315 e. The van der Waals surface area contributed by atoms with E-state index in [-0.39, 0.29) is 11.8 Å². The van der Waals surface area contributed by atoms with Gasteiger partial charge < -0.3 is 9.84 Å². The van der Waals surface area contributed by atoms with Crippen molar-refractivity contribution in [3.63, 3.8) is 0 Å². The summed E-state index contributed by atoms with van der Waals surface area (Å²) in [5.41, 5.74) is 0. The van der Waals surface area contributed by atoms with Crippen LogP contribution in [0.2, 0.25) is 0 Å². The van der Waals surface area contributed by atoms with E-state index in [0.29, 0.717) is 5.82 Å². The quantitative estimate of drug-likeness (QED) is 0.677. The van der Waals surface area contributed by atoms with E-state index in [1.54, 1.807) is 6.92 Å². The normalized spacial score (nSPS) is 8.33. The first kappa shape index (κ1) is 10.6. The summed E-state index contributed by atoms with van der Waals surface area (Å²) in [6, 6.07) is 0. The van der Waals surface area contributed by atoms with Crippen molar-refractivity contribution in [3.8, 4) is 0 Å². The number of hydrogen-bond acceptors (Lipinski definition) is 4. The maximum absolute atomic E-state index is 10.7. The maximum Gasteiger partial charge on any atom is 0.315 e. The fourth-order valence-electron chi connectivity index (χ4n) is 0.496. The Morgan fingerprint density at radius 1 is 1.50 bits per heavy atom. The molecule has 0 saturated heterocycles. The Balaban J connectivity index is 0.000000561. The Hall–Kier alpha value is -1.39. The molecular weight excluding hydrogens is 158 g/mol. The topological polar surface area (TPSA) is 68.0 Å². The summed E-state index contributed by atoms with van der Waals surface area (Å²) in [6.45, 7) is 5.65. The molecule has 0 atom stereocenters. The summed E-state index contributed by atoms with van der Waals surface area (Å²) >= 11 is 0. The van der Waals surface area contributed by atoms with Crippen LogP contribution in [0.4, 0.5) is 0 Å². The maximum atomic E-state index is 10.7. The number of carbonyl (C=O) groups is 1. The van der Waals surface area contributed by atoms with Crippen molar-refractivity contribution in [1.29, 1.82) is 0 Å². The van der Waals surface area contributed by atoms with Crippen molar-refractivity contribution in [2.24, 2.45) is 0 Å². The number of carbonyl (C=O) groups excluding carboxylic acids is 1. The van der Waals surface area contributed by atoms with Gasteiger partial charge in [-0.3, -0.25) is 4.79 Å². The third kappa shape index (κ3) is 2.69. The van der Waals surface area contributed by atoms with Crippen molar-refractivity contribution < 1.29 is 9.32 Å². The fraction of sp³-hybridized carbons (Fsp3) is 0.571. The predicted octanol–water partition coefficient (Wildman–Crippen LogP) is 0.764. The Labute approximate surface area is 71.2 Å². The Kier molecular flexibility index (Phi) is 4.67. The summed E-state index contributed by atoms with van der Waals surface area (Å²) in [5.74, 6) is 0.0965. The van der Waals surface area contributed by atoms with Crippen LogP contribution in [0.15, 0.2) is 4.52 Å². The third-order valence-electron chi connectivity index (χ3n) is 0.949. The summed E-state index contributed by atoms with van der Waals surface area (Å²) in [5, 5.41) is 5.80. The lowest BCUT2D eigenvalue weighted by atomic mass is 10.6. The van der Waals surface area contributed by atoms with Gasteiger partial charge in [0.1, 0.15) is 0 Å². The lowest BCUT2D eigenvalue weighted by molar-refractivity contribution is 0.0919. The molecule has 0 aliphatic carbocycles. The molecule has 12 heavy (non-hydrogen) atoms. The van der Waals surface area contributed by atoms with Crippen molar-refractivity contribution in [1.82, 2.24) is 15.5 Å². The molecule has 68 valence electrons. The molecule has 1 amide bonds. The molecule has 0 unspecified atom stereocenters. The van der Waals surface area contributed by atoms with E-state index >= 15 is 0 Å². The van der Waals surface area contributed by atoms with Crippen LogP contribution >= 0.6 is 0 Å². The molecule has 0 bridgehead atoms. The van der Waals surface area contributed by atoms with Crippen molar-refractivity contribution >= 4 is 5.91 Å². The molecule has 0 fully saturated rings.